The topological polar surface area (TPSA) is 31.4 Å². The number of pyridine rings is 1. The van der Waals surface area contributed by atoms with E-state index in [1.165, 1.54) is 11.1 Å². The Balaban J connectivity index is 1.65. The smallest absolute Gasteiger partial charge is 0.161 e. The highest BCUT2D eigenvalue weighted by Crippen LogP contribution is 2.41. The number of aromatic nitrogens is 1. The van der Waals surface area contributed by atoms with Crippen molar-refractivity contribution in [2.24, 2.45) is 0 Å². The van der Waals surface area contributed by atoms with Crippen LogP contribution in [0.2, 0.25) is 0 Å². The Morgan fingerprint density at radius 1 is 0.788 bits per heavy atom. The molecular formula is C30H27NO2. The number of aryl methyl sites for hydroxylation is 1. The molecule has 1 aliphatic carbocycles. The largest absolute Gasteiger partial charge is 0.493 e. The summed E-state index contributed by atoms with van der Waals surface area (Å²) in [7, 11) is 3.32. The van der Waals surface area contributed by atoms with E-state index in [0.29, 0.717) is 5.75 Å². The van der Waals surface area contributed by atoms with Crippen molar-refractivity contribution in [2.75, 3.05) is 14.2 Å². The first-order valence-electron chi connectivity index (χ1n) is 11.2. The summed E-state index contributed by atoms with van der Waals surface area (Å²) in [6.07, 6.45) is 9.77. The van der Waals surface area contributed by atoms with E-state index in [2.05, 4.69) is 85.0 Å². The zero-order valence-electron chi connectivity index (χ0n) is 19.2. The lowest BCUT2D eigenvalue weighted by Gasteiger charge is -2.33. The summed E-state index contributed by atoms with van der Waals surface area (Å²) in [5.41, 5.74) is 5.39. The minimum absolute atomic E-state index is 0.186. The van der Waals surface area contributed by atoms with Gasteiger partial charge in [-0.05, 0) is 54.1 Å². The van der Waals surface area contributed by atoms with Gasteiger partial charge in [-0.15, -0.1) is 0 Å². The third kappa shape index (κ3) is 3.70. The van der Waals surface area contributed by atoms with Crippen LogP contribution in [0.4, 0.5) is 0 Å². The van der Waals surface area contributed by atoms with Gasteiger partial charge in [-0.3, -0.25) is 4.98 Å². The highest BCUT2D eigenvalue weighted by atomic mass is 16.5. The summed E-state index contributed by atoms with van der Waals surface area (Å²) >= 11 is 0. The number of hydrogen-bond donors (Lipinski definition) is 0. The molecule has 1 aliphatic rings. The molecule has 5 rings (SSSR count). The maximum atomic E-state index is 5.53. The normalized spacial score (nSPS) is 17.3. The van der Waals surface area contributed by atoms with Crippen molar-refractivity contribution in [3.8, 4) is 22.8 Å². The molecule has 3 aromatic carbocycles. The van der Waals surface area contributed by atoms with E-state index in [1.54, 1.807) is 14.2 Å². The molecular weight excluding hydrogens is 406 g/mol. The third-order valence-electron chi connectivity index (χ3n) is 6.56. The Kier molecular flexibility index (Phi) is 5.47. The number of nitrogens with zero attached hydrogens (tertiary/aromatic N) is 1. The molecule has 1 aromatic heterocycles. The van der Waals surface area contributed by atoms with Crippen molar-refractivity contribution in [3.05, 3.63) is 114 Å². The molecule has 0 amide bonds. The summed E-state index contributed by atoms with van der Waals surface area (Å²) in [6, 6.07) is 25.7. The van der Waals surface area contributed by atoms with Crippen LogP contribution in [0, 0.1) is 6.92 Å². The average Bonchev–Trinajstić information content (AvgIpc) is 2.89. The summed E-state index contributed by atoms with van der Waals surface area (Å²) in [5.74, 6) is 1.43. The van der Waals surface area contributed by atoms with Gasteiger partial charge >= 0.3 is 0 Å². The lowest BCUT2D eigenvalue weighted by molar-refractivity contribution is 0.356. The Morgan fingerprint density at radius 2 is 1.55 bits per heavy atom. The van der Waals surface area contributed by atoms with Crippen LogP contribution >= 0.6 is 0 Å². The van der Waals surface area contributed by atoms with Crippen LogP contribution in [0.15, 0.2) is 97.1 Å². The van der Waals surface area contributed by atoms with Crippen LogP contribution < -0.4 is 9.47 Å². The number of benzene rings is 3. The van der Waals surface area contributed by atoms with Gasteiger partial charge in [0.25, 0.3) is 0 Å². The van der Waals surface area contributed by atoms with Crippen molar-refractivity contribution in [1.29, 1.82) is 0 Å². The van der Waals surface area contributed by atoms with Gasteiger partial charge in [-0.1, -0.05) is 72.8 Å². The van der Waals surface area contributed by atoms with Crippen LogP contribution in [-0.2, 0) is 5.41 Å². The van der Waals surface area contributed by atoms with E-state index in [-0.39, 0.29) is 5.41 Å². The molecule has 0 N–H and O–H groups in total. The molecule has 4 aromatic rings. The highest BCUT2D eigenvalue weighted by molar-refractivity contribution is 5.90. The van der Waals surface area contributed by atoms with E-state index in [9.17, 15) is 0 Å². The van der Waals surface area contributed by atoms with E-state index < -0.39 is 0 Å². The number of methoxy groups -OCH3 is 2. The molecule has 0 fully saturated rings. The van der Waals surface area contributed by atoms with Crippen molar-refractivity contribution >= 4 is 10.8 Å². The van der Waals surface area contributed by atoms with E-state index >= 15 is 0 Å². The van der Waals surface area contributed by atoms with E-state index in [4.69, 9.17) is 14.5 Å². The molecule has 0 spiro atoms. The molecule has 0 bridgehead atoms. The predicted molar refractivity (Wildman–Crippen MR) is 135 cm³/mol. The highest BCUT2D eigenvalue weighted by Gasteiger charge is 2.31. The molecule has 3 nitrogen and oxygen atoms in total. The van der Waals surface area contributed by atoms with Crippen LogP contribution in [0.25, 0.3) is 22.0 Å². The van der Waals surface area contributed by atoms with Crippen LogP contribution in [0.3, 0.4) is 0 Å². The Labute approximate surface area is 195 Å². The predicted octanol–water partition coefficient (Wildman–Crippen LogP) is 7.03. The van der Waals surface area contributed by atoms with Crippen LogP contribution in [0.5, 0.6) is 11.5 Å². The van der Waals surface area contributed by atoms with Crippen LogP contribution in [-0.4, -0.2) is 19.2 Å². The van der Waals surface area contributed by atoms with E-state index in [0.717, 1.165) is 39.9 Å². The summed E-state index contributed by atoms with van der Waals surface area (Å²) in [6.45, 7) is 2.04. The first-order valence-corrected chi connectivity index (χ1v) is 11.2. The zero-order chi connectivity index (χ0) is 22.8. The molecule has 33 heavy (non-hydrogen) atoms. The maximum absolute atomic E-state index is 5.53. The van der Waals surface area contributed by atoms with Gasteiger partial charge < -0.3 is 9.47 Å². The summed E-state index contributed by atoms with van der Waals surface area (Å²) in [5, 5.41) is 2.15. The number of fused-ring (bicyclic) bond motifs is 1. The Bertz CT molecular complexity index is 1370. The summed E-state index contributed by atoms with van der Waals surface area (Å²) < 4.78 is 11.0. The van der Waals surface area contributed by atoms with Gasteiger partial charge in [0.2, 0.25) is 0 Å². The molecule has 164 valence electrons. The van der Waals surface area contributed by atoms with Gasteiger partial charge in [0.05, 0.1) is 19.9 Å². The van der Waals surface area contributed by atoms with Crippen molar-refractivity contribution in [1.82, 2.24) is 4.98 Å². The molecule has 1 heterocycles. The van der Waals surface area contributed by atoms with Gasteiger partial charge in [0.1, 0.15) is 0 Å². The quantitative estimate of drug-likeness (QED) is 0.339. The Morgan fingerprint density at radius 3 is 2.27 bits per heavy atom. The van der Waals surface area contributed by atoms with Gasteiger partial charge in [0, 0.05) is 22.1 Å². The second-order valence-electron chi connectivity index (χ2n) is 8.43. The van der Waals surface area contributed by atoms with Gasteiger partial charge in [0.15, 0.2) is 11.5 Å². The van der Waals surface area contributed by atoms with Crippen molar-refractivity contribution in [2.45, 2.75) is 18.8 Å². The fourth-order valence-electron chi connectivity index (χ4n) is 4.80. The number of allylic oxidation sites excluding steroid dienone is 4. The average molecular weight is 434 g/mol. The molecule has 0 saturated heterocycles. The lowest BCUT2D eigenvalue weighted by atomic mass is 9.70. The second kappa shape index (κ2) is 8.59. The fraction of sp³-hybridized carbons (Fsp3) is 0.167. The standard InChI is InChI=1S/C30H27NO2/c1-21-26-20-29(33-3)28(32-2)19-23(26)18-27(31-21)22-11-10-14-25(17-22)30(15-8-5-9-16-30)24-12-6-4-7-13-24/h4-15,17-20H,16H2,1-3H3. The summed E-state index contributed by atoms with van der Waals surface area (Å²) in [4.78, 5) is 4.96. The molecule has 3 heteroatoms. The second-order valence-corrected chi connectivity index (χ2v) is 8.43. The fourth-order valence-corrected chi connectivity index (χ4v) is 4.80. The third-order valence-corrected chi connectivity index (χ3v) is 6.56. The van der Waals surface area contributed by atoms with Crippen LogP contribution in [0.1, 0.15) is 23.2 Å². The molecule has 1 atom stereocenters. The minimum atomic E-state index is -0.186. The lowest BCUT2D eigenvalue weighted by Crippen LogP contribution is -2.25. The number of hydrogen-bond acceptors (Lipinski definition) is 3. The maximum Gasteiger partial charge on any atom is 0.161 e. The van der Waals surface area contributed by atoms with Gasteiger partial charge in [-0.2, -0.15) is 0 Å². The van der Waals surface area contributed by atoms with E-state index in [1.807, 2.05) is 19.1 Å². The van der Waals surface area contributed by atoms with Crippen molar-refractivity contribution in [3.63, 3.8) is 0 Å². The minimum Gasteiger partial charge on any atom is -0.493 e. The SMILES string of the molecule is COc1cc2cc(-c3cccc(C4(c5ccccc5)C=CC=CC4)c3)nc(C)c2cc1OC. The number of rotatable bonds is 5. The number of ether oxygens (including phenoxy) is 2. The zero-order valence-corrected chi connectivity index (χ0v) is 19.2. The monoisotopic (exact) mass is 433 g/mol. The Hall–Kier alpha value is -3.85. The molecule has 1 unspecified atom stereocenters. The molecule has 0 radical (unpaired) electrons. The first-order chi connectivity index (χ1) is 16.1. The molecule has 0 saturated carbocycles. The molecule has 0 aliphatic heterocycles. The van der Waals surface area contributed by atoms with Crippen molar-refractivity contribution < 1.29 is 9.47 Å². The van der Waals surface area contributed by atoms with Gasteiger partial charge in [-0.25, -0.2) is 0 Å². The first kappa shape index (κ1) is 21.0.